The van der Waals surface area contributed by atoms with Crippen molar-refractivity contribution in [2.45, 2.75) is 103 Å². The molecule has 0 atom stereocenters. The molecule has 0 heterocycles. The van der Waals surface area contributed by atoms with Crippen LogP contribution in [0, 0.1) is 0 Å². The molecule has 0 unspecified atom stereocenters. The Bertz CT molecular complexity index is 265. The van der Waals surface area contributed by atoms with Crippen molar-refractivity contribution in [3.05, 3.63) is 0 Å². The molecular formula is C17H34O2. The van der Waals surface area contributed by atoms with Gasteiger partial charge in [0.1, 0.15) is 0 Å². The van der Waals surface area contributed by atoms with Crippen molar-refractivity contribution in [2.75, 3.05) is 0 Å². The Kier molecular flexibility index (Phi) is 11.0. The predicted molar refractivity (Wildman–Crippen MR) is 82.6 cm³/mol. The summed E-state index contributed by atoms with van der Waals surface area (Å²) in [4.78, 5) is 10.3. The van der Waals surface area contributed by atoms with Crippen LogP contribution in [-0.4, -0.2) is 11.1 Å². The Hall–Kier alpha value is -0.530. The first-order valence-corrected chi connectivity index (χ1v) is 8.13. The van der Waals surface area contributed by atoms with E-state index in [1.807, 2.05) is 0 Å². The standard InChI is InChI=1S/C17H34O2/c1-2-3-4-5-6-7-8-9-10-11-12-13-14-15-16-17(18)19/h2-16H2,1H3,(H,18,19)/i1D3. The smallest absolute Gasteiger partial charge is 0.303 e. The molecule has 114 valence electrons. The Morgan fingerprint density at radius 1 is 0.737 bits per heavy atom. The van der Waals surface area contributed by atoms with Crippen molar-refractivity contribution in [2.24, 2.45) is 0 Å². The molecular weight excluding hydrogens is 236 g/mol. The second kappa shape index (κ2) is 15.5. The molecule has 0 amide bonds. The maximum Gasteiger partial charge on any atom is 0.303 e. The van der Waals surface area contributed by atoms with E-state index >= 15 is 0 Å². The summed E-state index contributed by atoms with van der Waals surface area (Å²) in [5.41, 5.74) is 0. The van der Waals surface area contributed by atoms with E-state index in [9.17, 15) is 4.79 Å². The van der Waals surface area contributed by atoms with Crippen LogP contribution >= 0.6 is 0 Å². The zero-order valence-electron chi connectivity index (χ0n) is 15.5. The molecule has 0 aromatic rings. The predicted octanol–water partition coefficient (Wildman–Crippen LogP) is 5.94. The fraction of sp³-hybridized carbons (Fsp3) is 0.941. The first-order chi connectivity index (χ1) is 10.4. The van der Waals surface area contributed by atoms with E-state index in [4.69, 9.17) is 9.22 Å². The first kappa shape index (κ1) is 13.5. The molecule has 0 saturated heterocycles. The molecule has 0 rings (SSSR count). The maximum atomic E-state index is 10.3. The molecule has 0 aliphatic heterocycles. The van der Waals surface area contributed by atoms with Gasteiger partial charge in [0.15, 0.2) is 0 Å². The van der Waals surface area contributed by atoms with Gasteiger partial charge in [0.25, 0.3) is 0 Å². The Morgan fingerprint density at radius 2 is 1.11 bits per heavy atom. The van der Waals surface area contributed by atoms with Gasteiger partial charge in [0.05, 0.1) is 0 Å². The number of unbranched alkanes of at least 4 members (excludes halogenated alkanes) is 12. The Morgan fingerprint density at radius 3 is 1.47 bits per heavy atom. The van der Waals surface area contributed by atoms with Crippen LogP contribution in [0.3, 0.4) is 0 Å². The van der Waals surface area contributed by atoms with Crippen LogP contribution in [0.15, 0.2) is 0 Å². The van der Waals surface area contributed by atoms with Gasteiger partial charge in [0, 0.05) is 10.5 Å². The molecule has 0 aliphatic rings. The molecule has 0 aromatic heterocycles. The van der Waals surface area contributed by atoms with E-state index < -0.39 is 12.8 Å². The minimum atomic E-state index is -1.74. The van der Waals surface area contributed by atoms with Crippen molar-refractivity contribution in [1.82, 2.24) is 0 Å². The van der Waals surface area contributed by atoms with Gasteiger partial charge in [-0.2, -0.15) is 0 Å². The monoisotopic (exact) mass is 273 g/mol. The first-order valence-electron chi connectivity index (χ1n) is 9.63. The van der Waals surface area contributed by atoms with Gasteiger partial charge in [-0.1, -0.05) is 90.3 Å². The van der Waals surface area contributed by atoms with E-state index in [0.29, 0.717) is 12.8 Å². The van der Waals surface area contributed by atoms with Gasteiger partial charge >= 0.3 is 5.97 Å². The van der Waals surface area contributed by atoms with Gasteiger partial charge in [-0.15, -0.1) is 0 Å². The van der Waals surface area contributed by atoms with Crippen molar-refractivity contribution in [3.8, 4) is 0 Å². The summed E-state index contributed by atoms with van der Waals surface area (Å²) >= 11 is 0. The number of hydrogen-bond donors (Lipinski definition) is 1. The summed E-state index contributed by atoms with van der Waals surface area (Å²) in [6.45, 7) is -1.74. The van der Waals surface area contributed by atoms with Gasteiger partial charge in [-0.05, 0) is 6.42 Å². The lowest BCUT2D eigenvalue weighted by Crippen LogP contribution is -1.93. The van der Waals surface area contributed by atoms with Crippen LogP contribution < -0.4 is 0 Å². The summed E-state index contributed by atoms with van der Waals surface area (Å²) < 4.78 is 21.4. The third-order valence-corrected chi connectivity index (χ3v) is 3.57. The second-order valence-electron chi connectivity index (χ2n) is 5.49. The second-order valence-corrected chi connectivity index (χ2v) is 5.49. The normalized spacial score (nSPS) is 13.8. The molecule has 0 saturated carbocycles. The Labute approximate surface area is 124 Å². The van der Waals surface area contributed by atoms with Crippen LogP contribution in [0.2, 0.25) is 0 Å². The molecule has 0 radical (unpaired) electrons. The van der Waals surface area contributed by atoms with E-state index in [1.165, 1.54) is 51.4 Å². The summed E-state index contributed by atoms with van der Waals surface area (Å²) in [5.74, 6) is -0.682. The molecule has 0 spiro atoms. The maximum absolute atomic E-state index is 10.3. The molecule has 0 aliphatic carbocycles. The largest absolute Gasteiger partial charge is 0.481 e. The quantitative estimate of drug-likeness (QED) is 0.375. The number of aliphatic carboxylic acids is 1. The summed E-state index contributed by atoms with van der Waals surface area (Å²) in [6, 6.07) is 0. The fourth-order valence-corrected chi connectivity index (χ4v) is 2.35. The third-order valence-electron chi connectivity index (χ3n) is 3.57. The van der Waals surface area contributed by atoms with Crippen LogP contribution in [-0.2, 0) is 4.79 Å². The topological polar surface area (TPSA) is 37.3 Å². The third kappa shape index (κ3) is 17.5. The van der Waals surface area contributed by atoms with Crippen LogP contribution in [0.1, 0.15) is 107 Å². The highest BCUT2D eigenvalue weighted by atomic mass is 16.4. The highest BCUT2D eigenvalue weighted by Crippen LogP contribution is 2.13. The number of carboxylic acid groups (broad SMARTS) is 1. The zero-order valence-corrected chi connectivity index (χ0v) is 12.5. The Balaban J connectivity index is 3.04. The summed E-state index contributed by atoms with van der Waals surface area (Å²) in [7, 11) is 0. The van der Waals surface area contributed by atoms with Gasteiger partial charge in [-0.25, -0.2) is 0 Å². The SMILES string of the molecule is [2H]C([2H])([2H])CCCCCCCCCCCCCCCC(=O)O. The lowest BCUT2D eigenvalue weighted by atomic mass is 10.0. The van der Waals surface area contributed by atoms with E-state index in [2.05, 4.69) is 0 Å². The lowest BCUT2D eigenvalue weighted by molar-refractivity contribution is -0.137. The van der Waals surface area contributed by atoms with Crippen molar-refractivity contribution < 1.29 is 14.0 Å². The molecule has 0 fully saturated rings. The molecule has 1 N–H and O–H groups in total. The van der Waals surface area contributed by atoms with Gasteiger partial charge in [-0.3, -0.25) is 4.79 Å². The summed E-state index contributed by atoms with van der Waals surface area (Å²) in [6.07, 6.45) is 15.6. The highest BCUT2D eigenvalue weighted by Gasteiger charge is 1.96. The van der Waals surface area contributed by atoms with Gasteiger partial charge < -0.3 is 5.11 Å². The minimum Gasteiger partial charge on any atom is -0.481 e. The number of rotatable bonds is 15. The number of carboxylic acids is 1. The van der Waals surface area contributed by atoms with E-state index in [0.717, 1.165) is 32.1 Å². The number of hydrogen-bond acceptors (Lipinski definition) is 1. The number of carbonyl (C=O) groups is 1. The lowest BCUT2D eigenvalue weighted by Gasteiger charge is -2.02. The van der Waals surface area contributed by atoms with Crippen LogP contribution in [0.4, 0.5) is 0 Å². The minimum absolute atomic E-state index is 0.312. The fourth-order valence-electron chi connectivity index (χ4n) is 2.35. The van der Waals surface area contributed by atoms with E-state index in [1.54, 1.807) is 0 Å². The van der Waals surface area contributed by atoms with Crippen molar-refractivity contribution in [1.29, 1.82) is 0 Å². The molecule has 19 heavy (non-hydrogen) atoms. The van der Waals surface area contributed by atoms with Gasteiger partial charge in [0.2, 0.25) is 0 Å². The van der Waals surface area contributed by atoms with Crippen LogP contribution in [0.5, 0.6) is 0 Å². The van der Waals surface area contributed by atoms with E-state index in [-0.39, 0.29) is 0 Å². The molecule has 0 aromatic carbocycles. The summed E-state index contributed by atoms with van der Waals surface area (Å²) in [5, 5.41) is 8.52. The molecule has 0 bridgehead atoms. The molecule has 2 nitrogen and oxygen atoms in total. The average molecular weight is 273 g/mol. The zero-order chi connectivity index (χ0) is 16.7. The van der Waals surface area contributed by atoms with Crippen molar-refractivity contribution in [3.63, 3.8) is 0 Å². The van der Waals surface area contributed by atoms with Crippen molar-refractivity contribution >= 4 is 5.97 Å². The molecule has 2 heteroatoms. The van der Waals surface area contributed by atoms with Crippen LogP contribution in [0.25, 0.3) is 0 Å². The average Bonchev–Trinajstić information content (AvgIpc) is 2.41. The highest BCUT2D eigenvalue weighted by molar-refractivity contribution is 5.66.